The SMILES string of the molecule is CC(NC(=O)CNC(=O)COc1ccccc1)C1CC1. The van der Waals surface area contributed by atoms with Crippen molar-refractivity contribution in [3.63, 3.8) is 0 Å². The summed E-state index contributed by atoms with van der Waals surface area (Å²) in [5.41, 5.74) is 0. The number of amides is 2. The predicted octanol–water partition coefficient (Wildman–Crippen LogP) is 1.10. The number of nitrogens with one attached hydrogen (secondary N) is 2. The molecule has 108 valence electrons. The number of hydrogen-bond donors (Lipinski definition) is 2. The van der Waals surface area contributed by atoms with Gasteiger partial charge in [0.15, 0.2) is 6.61 Å². The normalized spacial score (nSPS) is 15.2. The van der Waals surface area contributed by atoms with Gasteiger partial charge in [-0.2, -0.15) is 0 Å². The van der Waals surface area contributed by atoms with Gasteiger partial charge in [0.1, 0.15) is 5.75 Å². The highest BCUT2D eigenvalue weighted by atomic mass is 16.5. The summed E-state index contributed by atoms with van der Waals surface area (Å²) < 4.78 is 5.29. The maximum atomic E-state index is 11.6. The zero-order chi connectivity index (χ0) is 14.4. The third-order valence-corrected chi connectivity index (χ3v) is 3.28. The van der Waals surface area contributed by atoms with Gasteiger partial charge in [0, 0.05) is 6.04 Å². The summed E-state index contributed by atoms with van der Waals surface area (Å²) >= 11 is 0. The molecule has 5 nitrogen and oxygen atoms in total. The van der Waals surface area contributed by atoms with Crippen LogP contribution in [-0.4, -0.2) is 31.0 Å². The van der Waals surface area contributed by atoms with Gasteiger partial charge >= 0.3 is 0 Å². The first-order chi connectivity index (χ1) is 9.65. The van der Waals surface area contributed by atoms with Crippen LogP contribution in [0, 0.1) is 5.92 Å². The number of benzene rings is 1. The maximum absolute atomic E-state index is 11.6. The minimum absolute atomic E-state index is 0.00591. The van der Waals surface area contributed by atoms with Gasteiger partial charge in [0.05, 0.1) is 6.54 Å². The number of rotatable bonds is 7. The smallest absolute Gasteiger partial charge is 0.258 e. The highest BCUT2D eigenvalue weighted by Crippen LogP contribution is 2.32. The van der Waals surface area contributed by atoms with Crippen LogP contribution in [0.1, 0.15) is 19.8 Å². The van der Waals surface area contributed by atoms with Crippen LogP contribution in [0.25, 0.3) is 0 Å². The molecule has 1 saturated carbocycles. The number of hydrogen-bond acceptors (Lipinski definition) is 3. The van der Waals surface area contributed by atoms with Gasteiger partial charge in [-0.3, -0.25) is 9.59 Å². The third-order valence-electron chi connectivity index (χ3n) is 3.28. The van der Waals surface area contributed by atoms with E-state index in [1.807, 2.05) is 25.1 Å². The van der Waals surface area contributed by atoms with Crippen molar-refractivity contribution in [2.24, 2.45) is 5.92 Å². The molecule has 2 amide bonds. The molecule has 2 rings (SSSR count). The monoisotopic (exact) mass is 276 g/mol. The van der Waals surface area contributed by atoms with Gasteiger partial charge < -0.3 is 15.4 Å². The summed E-state index contributed by atoms with van der Waals surface area (Å²) in [6.45, 7) is 1.90. The van der Waals surface area contributed by atoms with Crippen molar-refractivity contribution in [3.8, 4) is 5.75 Å². The predicted molar refractivity (Wildman–Crippen MR) is 75.3 cm³/mol. The van der Waals surface area contributed by atoms with Crippen LogP contribution < -0.4 is 15.4 Å². The van der Waals surface area contributed by atoms with E-state index >= 15 is 0 Å². The fourth-order valence-electron chi connectivity index (χ4n) is 1.91. The van der Waals surface area contributed by atoms with E-state index in [-0.39, 0.29) is 31.0 Å². The van der Waals surface area contributed by atoms with Crippen LogP contribution in [0.15, 0.2) is 30.3 Å². The van der Waals surface area contributed by atoms with Crippen LogP contribution >= 0.6 is 0 Å². The van der Waals surface area contributed by atoms with Crippen molar-refractivity contribution < 1.29 is 14.3 Å². The molecule has 1 aromatic rings. The van der Waals surface area contributed by atoms with Gasteiger partial charge in [-0.15, -0.1) is 0 Å². The molecule has 20 heavy (non-hydrogen) atoms. The van der Waals surface area contributed by atoms with Crippen molar-refractivity contribution in [3.05, 3.63) is 30.3 Å². The molecule has 5 heteroatoms. The van der Waals surface area contributed by atoms with E-state index in [1.165, 1.54) is 12.8 Å². The molecule has 1 fully saturated rings. The number of para-hydroxylation sites is 1. The summed E-state index contributed by atoms with van der Waals surface area (Å²) in [7, 11) is 0. The Bertz CT molecular complexity index is 457. The molecule has 2 N–H and O–H groups in total. The van der Waals surface area contributed by atoms with Crippen LogP contribution in [0.4, 0.5) is 0 Å². The molecule has 0 radical (unpaired) electrons. The fourth-order valence-corrected chi connectivity index (χ4v) is 1.91. The standard InChI is InChI=1S/C15H20N2O3/c1-11(12-7-8-12)17-14(18)9-16-15(19)10-20-13-5-3-2-4-6-13/h2-6,11-12H,7-10H2,1H3,(H,16,19)(H,17,18). The molecule has 0 aliphatic heterocycles. The van der Waals surface area contributed by atoms with E-state index in [0.29, 0.717) is 11.7 Å². The zero-order valence-corrected chi connectivity index (χ0v) is 11.6. The Morgan fingerprint density at radius 2 is 1.95 bits per heavy atom. The largest absolute Gasteiger partial charge is 0.484 e. The van der Waals surface area contributed by atoms with Gasteiger partial charge in [0.25, 0.3) is 5.91 Å². The van der Waals surface area contributed by atoms with E-state index in [0.717, 1.165) is 0 Å². The minimum atomic E-state index is -0.303. The molecule has 0 aromatic heterocycles. The molecule has 1 aliphatic carbocycles. The molecule has 1 unspecified atom stereocenters. The highest BCUT2D eigenvalue weighted by Gasteiger charge is 2.28. The molecular formula is C15H20N2O3. The summed E-state index contributed by atoms with van der Waals surface area (Å²) in [5, 5.41) is 5.42. The fraction of sp³-hybridized carbons (Fsp3) is 0.467. The molecule has 0 bridgehead atoms. The van der Waals surface area contributed by atoms with Crippen molar-refractivity contribution in [1.29, 1.82) is 0 Å². The lowest BCUT2D eigenvalue weighted by atomic mass is 10.2. The zero-order valence-electron chi connectivity index (χ0n) is 11.6. The van der Waals surface area contributed by atoms with Crippen molar-refractivity contribution in [1.82, 2.24) is 10.6 Å². The Balaban J connectivity index is 1.60. The van der Waals surface area contributed by atoms with E-state index in [2.05, 4.69) is 10.6 Å². The first-order valence-electron chi connectivity index (χ1n) is 6.89. The second kappa shape index (κ2) is 6.93. The van der Waals surface area contributed by atoms with Crippen LogP contribution in [0.3, 0.4) is 0 Å². The van der Waals surface area contributed by atoms with E-state index < -0.39 is 0 Å². The summed E-state index contributed by atoms with van der Waals surface area (Å²) in [4.78, 5) is 23.1. The highest BCUT2D eigenvalue weighted by molar-refractivity contribution is 5.85. The summed E-state index contributed by atoms with van der Waals surface area (Å²) in [6, 6.07) is 9.28. The van der Waals surface area contributed by atoms with Crippen molar-refractivity contribution >= 4 is 11.8 Å². The van der Waals surface area contributed by atoms with E-state index in [1.54, 1.807) is 12.1 Å². The molecule has 1 aliphatic rings. The van der Waals surface area contributed by atoms with Gasteiger partial charge in [-0.1, -0.05) is 18.2 Å². The van der Waals surface area contributed by atoms with Gasteiger partial charge in [0.2, 0.25) is 5.91 Å². The van der Waals surface area contributed by atoms with E-state index in [9.17, 15) is 9.59 Å². The second-order valence-corrected chi connectivity index (χ2v) is 5.07. The molecule has 1 aromatic carbocycles. The number of ether oxygens (including phenoxy) is 1. The third kappa shape index (κ3) is 4.91. The Morgan fingerprint density at radius 3 is 2.60 bits per heavy atom. The van der Waals surface area contributed by atoms with Gasteiger partial charge in [-0.25, -0.2) is 0 Å². The Labute approximate surface area is 118 Å². The topological polar surface area (TPSA) is 67.4 Å². The van der Waals surface area contributed by atoms with Crippen LogP contribution in [0.5, 0.6) is 5.75 Å². The Kier molecular flexibility index (Phi) is 4.98. The lowest BCUT2D eigenvalue weighted by Crippen LogP contribution is -2.42. The average Bonchev–Trinajstić information content (AvgIpc) is 3.28. The first kappa shape index (κ1) is 14.4. The lowest BCUT2D eigenvalue weighted by Gasteiger charge is -2.13. The van der Waals surface area contributed by atoms with Crippen LogP contribution in [0.2, 0.25) is 0 Å². The molecule has 0 saturated heterocycles. The Morgan fingerprint density at radius 1 is 1.25 bits per heavy atom. The lowest BCUT2D eigenvalue weighted by molar-refractivity contribution is -0.127. The van der Waals surface area contributed by atoms with E-state index in [4.69, 9.17) is 4.74 Å². The number of carbonyl (C=O) groups is 2. The Hall–Kier alpha value is -2.04. The second-order valence-electron chi connectivity index (χ2n) is 5.07. The molecule has 0 spiro atoms. The van der Waals surface area contributed by atoms with Gasteiger partial charge in [-0.05, 0) is 37.8 Å². The quantitative estimate of drug-likeness (QED) is 0.783. The molecule has 1 atom stereocenters. The molecular weight excluding hydrogens is 256 g/mol. The summed E-state index contributed by atoms with van der Waals surface area (Å²) in [5.74, 6) is 0.783. The average molecular weight is 276 g/mol. The van der Waals surface area contributed by atoms with Crippen LogP contribution in [-0.2, 0) is 9.59 Å². The summed E-state index contributed by atoms with van der Waals surface area (Å²) in [6.07, 6.45) is 2.36. The number of carbonyl (C=O) groups excluding carboxylic acids is 2. The first-order valence-corrected chi connectivity index (χ1v) is 6.89. The van der Waals surface area contributed by atoms with Crippen molar-refractivity contribution in [2.75, 3.05) is 13.2 Å². The molecule has 0 heterocycles. The minimum Gasteiger partial charge on any atom is -0.484 e. The maximum Gasteiger partial charge on any atom is 0.258 e. The van der Waals surface area contributed by atoms with Crippen molar-refractivity contribution in [2.45, 2.75) is 25.8 Å².